The Labute approximate surface area is 340 Å². The van der Waals surface area contributed by atoms with Gasteiger partial charge in [-0.3, -0.25) is 0 Å². The maximum atomic E-state index is 5.27. The Morgan fingerprint density at radius 1 is 0.207 bits per heavy atom. The molecule has 0 saturated carbocycles. The third-order valence-corrected chi connectivity index (χ3v) is 11.0. The number of fused-ring (bicyclic) bond motifs is 1. The highest BCUT2D eigenvalue weighted by molar-refractivity contribution is 5.98. The van der Waals surface area contributed by atoms with E-state index in [1.807, 2.05) is 0 Å². The van der Waals surface area contributed by atoms with Crippen molar-refractivity contribution in [3.8, 4) is 89.1 Å². The number of nitrogens with zero attached hydrogens (tertiary/aromatic N) is 1. The van der Waals surface area contributed by atoms with Gasteiger partial charge in [-0.2, -0.15) is 0 Å². The van der Waals surface area contributed by atoms with Gasteiger partial charge in [0.25, 0.3) is 0 Å². The Morgan fingerprint density at radius 2 is 0.517 bits per heavy atom. The Kier molecular flexibility index (Phi) is 9.31. The molecule has 0 aliphatic heterocycles. The molecule has 10 aromatic rings. The second kappa shape index (κ2) is 15.5. The van der Waals surface area contributed by atoms with Crippen molar-refractivity contribution in [3.05, 3.63) is 237 Å². The molecule has 1 heterocycles. The van der Waals surface area contributed by atoms with Gasteiger partial charge in [-0.1, -0.05) is 176 Å². The molecule has 0 fully saturated rings. The van der Waals surface area contributed by atoms with Crippen molar-refractivity contribution in [2.24, 2.45) is 0 Å². The molecular weight excluding hydrogens is 699 g/mol. The highest BCUT2D eigenvalue weighted by atomic mass is 14.7. The molecule has 0 amide bonds. The first kappa shape index (κ1) is 34.8. The Morgan fingerprint density at radius 3 is 0.983 bits per heavy atom. The number of pyridine rings is 1. The summed E-state index contributed by atoms with van der Waals surface area (Å²) in [6.07, 6.45) is 0. The zero-order valence-electron chi connectivity index (χ0n) is 32.0. The van der Waals surface area contributed by atoms with E-state index in [1.54, 1.807) is 0 Å². The number of hydrogen-bond acceptors (Lipinski definition) is 1. The predicted octanol–water partition coefficient (Wildman–Crippen LogP) is 15.6. The van der Waals surface area contributed by atoms with Crippen molar-refractivity contribution in [3.63, 3.8) is 0 Å². The monoisotopic (exact) mass is 737 g/mol. The van der Waals surface area contributed by atoms with Gasteiger partial charge in [0.15, 0.2) is 0 Å². The molecule has 0 aliphatic carbocycles. The SMILES string of the molecule is c1ccc(-c2cc(-c3ccccc3)cc(-c3cccc(-c4cccc(-c5cc(-c6cc(-c7ccccc7)cc(-c7ccccc7)c6)c6ccccc6n5)c4)c3)c2)cc1. The summed E-state index contributed by atoms with van der Waals surface area (Å²) in [5, 5.41) is 1.13. The molecule has 0 unspecified atom stereocenters. The Bertz CT molecular complexity index is 2910. The second-order valence-corrected chi connectivity index (χ2v) is 14.8. The van der Waals surface area contributed by atoms with Crippen LogP contribution in [-0.2, 0) is 0 Å². The van der Waals surface area contributed by atoms with Crippen LogP contribution in [0.15, 0.2) is 237 Å². The van der Waals surface area contributed by atoms with Crippen LogP contribution in [0.4, 0.5) is 0 Å². The van der Waals surface area contributed by atoms with Gasteiger partial charge in [-0.15, -0.1) is 0 Å². The van der Waals surface area contributed by atoms with Crippen LogP contribution in [0.1, 0.15) is 0 Å². The van der Waals surface area contributed by atoms with Crippen LogP contribution in [-0.4, -0.2) is 4.98 Å². The summed E-state index contributed by atoms with van der Waals surface area (Å²) in [6, 6.07) is 85.0. The zero-order valence-corrected chi connectivity index (χ0v) is 32.0. The summed E-state index contributed by atoms with van der Waals surface area (Å²) in [6.45, 7) is 0. The number of benzene rings is 9. The van der Waals surface area contributed by atoms with Gasteiger partial charge in [-0.05, 0) is 139 Å². The van der Waals surface area contributed by atoms with E-state index in [4.69, 9.17) is 4.98 Å². The third kappa shape index (κ3) is 7.14. The fraction of sp³-hybridized carbons (Fsp3) is 0. The van der Waals surface area contributed by atoms with Crippen molar-refractivity contribution in [2.45, 2.75) is 0 Å². The Balaban J connectivity index is 1.07. The van der Waals surface area contributed by atoms with Crippen molar-refractivity contribution < 1.29 is 0 Å². The normalized spacial score (nSPS) is 11.1. The summed E-state index contributed by atoms with van der Waals surface area (Å²) in [4.78, 5) is 5.27. The smallest absolute Gasteiger partial charge is 0.0716 e. The van der Waals surface area contributed by atoms with Crippen molar-refractivity contribution >= 4 is 10.9 Å². The van der Waals surface area contributed by atoms with Crippen LogP contribution in [0.25, 0.3) is 100 Å². The van der Waals surface area contributed by atoms with Crippen LogP contribution in [0.2, 0.25) is 0 Å². The van der Waals surface area contributed by atoms with Gasteiger partial charge in [0.2, 0.25) is 0 Å². The molecule has 1 nitrogen and oxygen atoms in total. The molecular formula is C57H39N. The van der Waals surface area contributed by atoms with Gasteiger partial charge < -0.3 is 0 Å². The molecule has 0 saturated heterocycles. The van der Waals surface area contributed by atoms with Gasteiger partial charge in [0, 0.05) is 10.9 Å². The van der Waals surface area contributed by atoms with Gasteiger partial charge in [0.1, 0.15) is 0 Å². The third-order valence-electron chi connectivity index (χ3n) is 11.0. The first-order valence-electron chi connectivity index (χ1n) is 19.9. The second-order valence-electron chi connectivity index (χ2n) is 14.8. The van der Waals surface area contributed by atoms with Crippen LogP contribution < -0.4 is 0 Å². The number of rotatable bonds is 8. The summed E-state index contributed by atoms with van der Waals surface area (Å²) in [5.41, 5.74) is 19.6. The average Bonchev–Trinajstić information content (AvgIpc) is 3.32. The molecule has 0 aliphatic rings. The summed E-state index contributed by atoms with van der Waals surface area (Å²) in [7, 11) is 0. The fourth-order valence-electron chi connectivity index (χ4n) is 8.06. The topological polar surface area (TPSA) is 12.9 Å². The quantitative estimate of drug-likeness (QED) is 0.151. The van der Waals surface area contributed by atoms with Crippen molar-refractivity contribution in [2.75, 3.05) is 0 Å². The minimum atomic E-state index is 0.946. The maximum absolute atomic E-state index is 5.27. The lowest BCUT2D eigenvalue weighted by atomic mass is 9.91. The largest absolute Gasteiger partial charge is 0.248 e. The van der Waals surface area contributed by atoms with Crippen molar-refractivity contribution in [1.82, 2.24) is 4.98 Å². The molecule has 1 aromatic heterocycles. The molecule has 0 spiro atoms. The molecule has 0 atom stereocenters. The first-order chi connectivity index (χ1) is 28.7. The molecule has 0 radical (unpaired) electrons. The van der Waals surface area contributed by atoms with Gasteiger partial charge in [0.05, 0.1) is 11.2 Å². The van der Waals surface area contributed by atoms with Gasteiger partial charge in [-0.25, -0.2) is 4.98 Å². The lowest BCUT2D eigenvalue weighted by molar-refractivity contribution is 1.40. The zero-order chi connectivity index (χ0) is 38.7. The van der Waals surface area contributed by atoms with E-state index in [2.05, 4.69) is 237 Å². The lowest BCUT2D eigenvalue weighted by Crippen LogP contribution is -1.92. The van der Waals surface area contributed by atoms with Crippen molar-refractivity contribution in [1.29, 1.82) is 0 Å². The number of aromatic nitrogens is 1. The minimum Gasteiger partial charge on any atom is -0.248 e. The minimum absolute atomic E-state index is 0.946. The standard InChI is InChI=1S/C57H39N/c1-5-17-40(18-6-1)48-33-49(41-19-7-2-8-20-41)36-52(35-48)46-27-15-25-44(31-46)45-26-16-28-47(32-45)57-39-55(54-29-13-14-30-56(54)58-57)53-37-50(42-21-9-3-10-22-42)34-51(38-53)43-23-11-4-12-24-43/h1-39H. The Hall–Kier alpha value is -7.61. The lowest BCUT2D eigenvalue weighted by Gasteiger charge is -2.15. The molecule has 9 aromatic carbocycles. The molecule has 58 heavy (non-hydrogen) atoms. The average molecular weight is 738 g/mol. The van der Waals surface area contributed by atoms with E-state index in [0.29, 0.717) is 0 Å². The van der Waals surface area contributed by atoms with E-state index < -0.39 is 0 Å². The van der Waals surface area contributed by atoms with Crippen LogP contribution in [0.5, 0.6) is 0 Å². The first-order valence-corrected chi connectivity index (χ1v) is 19.9. The van der Waals surface area contributed by atoms with E-state index in [9.17, 15) is 0 Å². The molecule has 0 bridgehead atoms. The number of hydrogen-bond donors (Lipinski definition) is 0. The van der Waals surface area contributed by atoms with Crippen LogP contribution >= 0.6 is 0 Å². The van der Waals surface area contributed by atoms with E-state index in [0.717, 1.165) is 44.4 Å². The van der Waals surface area contributed by atoms with E-state index in [1.165, 1.54) is 55.6 Å². The predicted molar refractivity (Wildman–Crippen MR) is 245 cm³/mol. The summed E-state index contributed by atoms with van der Waals surface area (Å²) >= 11 is 0. The van der Waals surface area contributed by atoms with E-state index in [-0.39, 0.29) is 0 Å². The highest BCUT2D eigenvalue weighted by Gasteiger charge is 2.14. The molecule has 272 valence electrons. The molecule has 1 heteroatoms. The maximum Gasteiger partial charge on any atom is 0.0716 e. The summed E-state index contributed by atoms with van der Waals surface area (Å²) in [5.74, 6) is 0. The van der Waals surface area contributed by atoms with Crippen LogP contribution in [0.3, 0.4) is 0 Å². The molecule has 0 N–H and O–H groups in total. The summed E-state index contributed by atoms with van der Waals surface area (Å²) < 4.78 is 0. The highest BCUT2D eigenvalue weighted by Crippen LogP contribution is 2.39. The van der Waals surface area contributed by atoms with E-state index >= 15 is 0 Å². The molecule has 10 rings (SSSR count). The van der Waals surface area contributed by atoms with Crippen LogP contribution in [0, 0.1) is 0 Å². The fourth-order valence-corrected chi connectivity index (χ4v) is 8.06. The number of para-hydroxylation sites is 1. The van der Waals surface area contributed by atoms with Gasteiger partial charge >= 0.3 is 0 Å².